The molecule has 2 N–H and O–H groups in total. The number of hydrogen-bond donors (Lipinski definition) is 2. The number of thiocarbonyl (C=S) groups is 1. The fourth-order valence-corrected chi connectivity index (χ4v) is 3.55. The average Bonchev–Trinajstić information content (AvgIpc) is 2.59. The Morgan fingerprint density at radius 3 is 2.24 bits per heavy atom. The largest absolute Gasteiger partial charge is 0.360 e. The average molecular weight is 254 g/mol. The molecular formula is C14H26N2S. The summed E-state index contributed by atoms with van der Waals surface area (Å²) in [5, 5.41) is 7.88. The molecule has 1 unspecified atom stereocenters. The van der Waals surface area contributed by atoms with Crippen molar-refractivity contribution in [2.24, 2.45) is 5.41 Å². The fraction of sp³-hybridized carbons (Fsp3) is 0.929. The third-order valence-electron chi connectivity index (χ3n) is 4.24. The topological polar surface area (TPSA) is 24.1 Å². The van der Waals surface area contributed by atoms with E-state index in [4.69, 9.17) is 12.2 Å². The van der Waals surface area contributed by atoms with Gasteiger partial charge in [-0.15, -0.1) is 0 Å². The normalized spacial score (nSPS) is 28.9. The zero-order chi connectivity index (χ0) is 12.3. The second-order valence-electron chi connectivity index (χ2n) is 6.56. The van der Waals surface area contributed by atoms with Gasteiger partial charge in [-0.05, 0) is 49.7 Å². The lowest BCUT2D eigenvalue weighted by molar-refractivity contribution is 0.370. The van der Waals surface area contributed by atoms with Crippen LogP contribution in [0.25, 0.3) is 0 Å². The Hall–Kier alpha value is -0.310. The highest BCUT2D eigenvalue weighted by Crippen LogP contribution is 2.36. The molecule has 2 aliphatic carbocycles. The van der Waals surface area contributed by atoms with E-state index in [1.807, 2.05) is 0 Å². The first-order valence-electron chi connectivity index (χ1n) is 7.12. The van der Waals surface area contributed by atoms with E-state index in [0.717, 1.165) is 5.11 Å². The molecule has 2 aliphatic rings. The molecule has 0 bridgehead atoms. The van der Waals surface area contributed by atoms with Crippen molar-refractivity contribution >= 4 is 17.3 Å². The Bertz CT molecular complexity index is 269. The van der Waals surface area contributed by atoms with Crippen LogP contribution in [0.3, 0.4) is 0 Å². The Morgan fingerprint density at radius 1 is 1.00 bits per heavy atom. The van der Waals surface area contributed by atoms with E-state index < -0.39 is 0 Å². The lowest BCUT2D eigenvalue weighted by Gasteiger charge is -2.26. The third kappa shape index (κ3) is 4.13. The van der Waals surface area contributed by atoms with Crippen molar-refractivity contribution in [2.75, 3.05) is 0 Å². The minimum Gasteiger partial charge on any atom is -0.360 e. The molecule has 0 heterocycles. The van der Waals surface area contributed by atoms with Crippen LogP contribution in [0.1, 0.15) is 65.2 Å². The molecule has 2 rings (SSSR count). The molecule has 0 amide bonds. The summed E-state index contributed by atoms with van der Waals surface area (Å²) in [6.45, 7) is 4.71. The van der Waals surface area contributed by atoms with Crippen LogP contribution in [0.5, 0.6) is 0 Å². The van der Waals surface area contributed by atoms with Crippen LogP contribution in [0, 0.1) is 5.41 Å². The second-order valence-corrected chi connectivity index (χ2v) is 6.96. The van der Waals surface area contributed by atoms with Gasteiger partial charge in [0.1, 0.15) is 0 Å². The van der Waals surface area contributed by atoms with Gasteiger partial charge < -0.3 is 10.6 Å². The first kappa shape index (κ1) is 13.1. The Morgan fingerprint density at radius 2 is 1.65 bits per heavy atom. The van der Waals surface area contributed by atoms with E-state index in [9.17, 15) is 0 Å². The van der Waals surface area contributed by atoms with Crippen LogP contribution >= 0.6 is 12.2 Å². The first-order chi connectivity index (χ1) is 8.05. The highest BCUT2D eigenvalue weighted by molar-refractivity contribution is 7.80. The van der Waals surface area contributed by atoms with Gasteiger partial charge in [0.05, 0.1) is 0 Å². The summed E-state index contributed by atoms with van der Waals surface area (Å²) in [6.07, 6.45) is 10.5. The molecule has 0 aromatic carbocycles. The van der Waals surface area contributed by atoms with Crippen LogP contribution in [-0.4, -0.2) is 17.2 Å². The van der Waals surface area contributed by atoms with E-state index in [-0.39, 0.29) is 0 Å². The predicted octanol–water partition coefficient (Wildman–Crippen LogP) is 3.36. The van der Waals surface area contributed by atoms with Crippen molar-refractivity contribution in [2.45, 2.75) is 77.3 Å². The summed E-state index contributed by atoms with van der Waals surface area (Å²) in [5.74, 6) is 0. The maximum atomic E-state index is 5.42. The summed E-state index contributed by atoms with van der Waals surface area (Å²) in [6, 6.07) is 1.21. The zero-order valence-electron chi connectivity index (χ0n) is 11.2. The highest BCUT2D eigenvalue weighted by Gasteiger charge is 2.31. The van der Waals surface area contributed by atoms with Gasteiger partial charge in [-0.2, -0.15) is 0 Å². The van der Waals surface area contributed by atoms with Gasteiger partial charge in [-0.25, -0.2) is 0 Å². The van der Waals surface area contributed by atoms with Crippen molar-refractivity contribution in [3.8, 4) is 0 Å². The van der Waals surface area contributed by atoms with Crippen LogP contribution in [-0.2, 0) is 0 Å². The number of hydrogen-bond acceptors (Lipinski definition) is 1. The smallest absolute Gasteiger partial charge is 0.166 e. The third-order valence-corrected chi connectivity index (χ3v) is 4.48. The summed E-state index contributed by atoms with van der Waals surface area (Å²) in [5.41, 5.74) is 0.498. The minimum atomic E-state index is 0.498. The number of rotatable bonds is 2. The van der Waals surface area contributed by atoms with Gasteiger partial charge in [0.25, 0.3) is 0 Å². The summed E-state index contributed by atoms with van der Waals surface area (Å²) in [4.78, 5) is 0. The molecule has 17 heavy (non-hydrogen) atoms. The van der Waals surface area contributed by atoms with Crippen LogP contribution < -0.4 is 10.6 Å². The summed E-state index contributed by atoms with van der Waals surface area (Å²) < 4.78 is 0. The molecule has 0 spiro atoms. The molecule has 3 heteroatoms. The first-order valence-corrected chi connectivity index (χ1v) is 7.53. The van der Waals surface area contributed by atoms with E-state index >= 15 is 0 Å². The maximum absolute atomic E-state index is 5.42. The molecule has 2 saturated carbocycles. The lowest BCUT2D eigenvalue weighted by Crippen LogP contribution is -2.46. The Labute approximate surface area is 111 Å². The molecule has 0 saturated heterocycles. The molecule has 0 radical (unpaired) electrons. The van der Waals surface area contributed by atoms with Gasteiger partial charge in [0.15, 0.2) is 5.11 Å². The SMILES string of the molecule is CC1(C)CCC(NC(=S)NC2CCCCC2)C1. The monoisotopic (exact) mass is 254 g/mol. The van der Waals surface area contributed by atoms with E-state index in [2.05, 4.69) is 24.5 Å². The molecule has 1 atom stereocenters. The van der Waals surface area contributed by atoms with Gasteiger partial charge >= 0.3 is 0 Å². The summed E-state index contributed by atoms with van der Waals surface area (Å²) >= 11 is 5.42. The molecule has 98 valence electrons. The molecule has 2 fully saturated rings. The Kier molecular flexibility index (Phi) is 4.29. The standard InChI is InChI=1S/C14H26N2S/c1-14(2)9-8-12(10-14)16-13(17)15-11-6-4-3-5-7-11/h11-12H,3-10H2,1-2H3,(H2,15,16,17). The van der Waals surface area contributed by atoms with Crippen LogP contribution in [0.15, 0.2) is 0 Å². The molecule has 0 aliphatic heterocycles. The fourth-order valence-electron chi connectivity index (χ4n) is 3.22. The van der Waals surface area contributed by atoms with Gasteiger partial charge in [0, 0.05) is 12.1 Å². The molecular weight excluding hydrogens is 228 g/mol. The molecule has 2 nitrogen and oxygen atoms in total. The molecule has 0 aromatic rings. The highest BCUT2D eigenvalue weighted by atomic mass is 32.1. The van der Waals surface area contributed by atoms with E-state index in [0.29, 0.717) is 17.5 Å². The van der Waals surface area contributed by atoms with E-state index in [1.54, 1.807) is 0 Å². The lowest BCUT2D eigenvalue weighted by atomic mass is 9.92. The predicted molar refractivity (Wildman–Crippen MR) is 77.2 cm³/mol. The summed E-state index contributed by atoms with van der Waals surface area (Å²) in [7, 11) is 0. The number of nitrogens with one attached hydrogen (secondary N) is 2. The maximum Gasteiger partial charge on any atom is 0.166 e. The van der Waals surface area contributed by atoms with Crippen molar-refractivity contribution in [1.82, 2.24) is 10.6 Å². The van der Waals surface area contributed by atoms with Gasteiger partial charge in [-0.1, -0.05) is 33.1 Å². The quantitative estimate of drug-likeness (QED) is 0.739. The van der Waals surface area contributed by atoms with E-state index in [1.165, 1.54) is 51.4 Å². The van der Waals surface area contributed by atoms with Crippen molar-refractivity contribution < 1.29 is 0 Å². The van der Waals surface area contributed by atoms with Crippen molar-refractivity contribution in [1.29, 1.82) is 0 Å². The van der Waals surface area contributed by atoms with Gasteiger partial charge in [0.2, 0.25) is 0 Å². The van der Waals surface area contributed by atoms with Crippen LogP contribution in [0.2, 0.25) is 0 Å². The van der Waals surface area contributed by atoms with Crippen molar-refractivity contribution in [3.63, 3.8) is 0 Å². The van der Waals surface area contributed by atoms with Crippen molar-refractivity contribution in [3.05, 3.63) is 0 Å². The Balaban J connectivity index is 1.70. The second kappa shape index (κ2) is 5.55. The molecule has 0 aromatic heterocycles. The zero-order valence-corrected chi connectivity index (χ0v) is 12.0. The minimum absolute atomic E-state index is 0.498. The van der Waals surface area contributed by atoms with Crippen LogP contribution in [0.4, 0.5) is 0 Å². The van der Waals surface area contributed by atoms with Gasteiger partial charge in [-0.3, -0.25) is 0 Å².